The molecule has 0 aliphatic rings. The lowest BCUT2D eigenvalue weighted by Gasteiger charge is -2.16. The predicted molar refractivity (Wildman–Crippen MR) is 71.2 cm³/mol. The van der Waals surface area contributed by atoms with Crippen LogP contribution in [0.5, 0.6) is 0 Å². The molecule has 18 heavy (non-hydrogen) atoms. The number of likely N-dealkylation sites (N-methyl/N-ethyl adjacent to an activating group) is 2. The van der Waals surface area contributed by atoms with E-state index in [-0.39, 0.29) is 29.6 Å². The number of carbonyl (C=O) groups is 1. The van der Waals surface area contributed by atoms with Crippen LogP contribution < -0.4 is 5.32 Å². The maximum absolute atomic E-state index is 12.0. The zero-order valence-corrected chi connectivity index (χ0v) is 11.1. The molecule has 0 saturated carbocycles. The van der Waals surface area contributed by atoms with E-state index < -0.39 is 4.92 Å². The molecule has 1 aromatic rings. The first-order valence-corrected chi connectivity index (χ1v) is 5.21. The van der Waals surface area contributed by atoms with E-state index in [1.54, 1.807) is 26.2 Å². The fraction of sp³-hybridized carbons (Fsp3) is 0.364. The van der Waals surface area contributed by atoms with Crippen molar-refractivity contribution in [3.63, 3.8) is 0 Å². The molecule has 0 aromatic heterocycles. The molecule has 0 aliphatic heterocycles. The van der Waals surface area contributed by atoms with Crippen LogP contribution in [0.4, 0.5) is 5.69 Å². The molecular weight excluding hydrogens is 258 g/mol. The Morgan fingerprint density at radius 3 is 2.61 bits per heavy atom. The van der Waals surface area contributed by atoms with Crippen molar-refractivity contribution < 1.29 is 9.72 Å². The lowest BCUT2D eigenvalue weighted by molar-refractivity contribution is -0.385. The van der Waals surface area contributed by atoms with E-state index in [4.69, 9.17) is 0 Å². The fourth-order valence-electron chi connectivity index (χ4n) is 1.40. The van der Waals surface area contributed by atoms with E-state index in [9.17, 15) is 14.9 Å². The minimum Gasteiger partial charge on any atom is -0.340 e. The molecule has 0 bridgehead atoms. The molecule has 1 aromatic carbocycles. The highest BCUT2D eigenvalue weighted by molar-refractivity contribution is 5.97. The molecule has 1 amide bonds. The monoisotopic (exact) mass is 273 g/mol. The smallest absolute Gasteiger partial charge is 0.282 e. The molecule has 0 unspecified atom stereocenters. The summed E-state index contributed by atoms with van der Waals surface area (Å²) < 4.78 is 0. The second kappa shape index (κ2) is 7.62. The predicted octanol–water partition coefficient (Wildman–Crippen LogP) is 1.31. The fourth-order valence-corrected chi connectivity index (χ4v) is 1.40. The summed E-state index contributed by atoms with van der Waals surface area (Å²) in [5.74, 6) is -0.340. The van der Waals surface area contributed by atoms with Crippen molar-refractivity contribution in [2.75, 3.05) is 27.2 Å². The summed E-state index contributed by atoms with van der Waals surface area (Å²) in [7, 11) is 3.40. The second-order valence-electron chi connectivity index (χ2n) is 3.60. The number of halogens is 1. The van der Waals surface area contributed by atoms with Gasteiger partial charge in [-0.3, -0.25) is 14.9 Å². The SMILES string of the molecule is CNCCN(C)C(=O)c1ccccc1[N+](=O)[O-].Cl. The zero-order valence-electron chi connectivity index (χ0n) is 10.3. The van der Waals surface area contributed by atoms with Gasteiger partial charge in [0.15, 0.2) is 0 Å². The Hall–Kier alpha value is -1.66. The molecule has 100 valence electrons. The van der Waals surface area contributed by atoms with Crippen molar-refractivity contribution in [2.45, 2.75) is 0 Å². The van der Waals surface area contributed by atoms with Crippen LogP contribution in [0.15, 0.2) is 24.3 Å². The average Bonchev–Trinajstić information content (AvgIpc) is 2.34. The molecule has 0 aliphatic carbocycles. The van der Waals surface area contributed by atoms with E-state index in [1.807, 2.05) is 0 Å². The second-order valence-corrected chi connectivity index (χ2v) is 3.60. The number of hydrogen-bond acceptors (Lipinski definition) is 4. The number of nitro benzene ring substituents is 1. The molecule has 1 rings (SSSR count). The number of para-hydroxylation sites is 1. The third-order valence-corrected chi connectivity index (χ3v) is 2.38. The number of nitrogens with zero attached hydrogens (tertiary/aromatic N) is 2. The highest BCUT2D eigenvalue weighted by Gasteiger charge is 2.21. The van der Waals surface area contributed by atoms with Crippen LogP contribution in [0, 0.1) is 10.1 Å². The number of carbonyl (C=O) groups excluding carboxylic acids is 1. The number of benzene rings is 1. The summed E-state index contributed by atoms with van der Waals surface area (Å²) in [6.45, 7) is 1.14. The Balaban J connectivity index is 0.00000289. The van der Waals surface area contributed by atoms with Gasteiger partial charge in [-0.2, -0.15) is 0 Å². The van der Waals surface area contributed by atoms with Crippen molar-refractivity contribution in [2.24, 2.45) is 0 Å². The number of hydrogen-bond donors (Lipinski definition) is 1. The highest BCUT2D eigenvalue weighted by atomic mass is 35.5. The largest absolute Gasteiger partial charge is 0.340 e. The number of rotatable bonds is 5. The first-order chi connectivity index (χ1) is 8.07. The van der Waals surface area contributed by atoms with Crippen molar-refractivity contribution >= 4 is 24.0 Å². The maximum Gasteiger partial charge on any atom is 0.282 e. The van der Waals surface area contributed by atoms with Crippen LogP contribution >= 0.6 is 12.4 Å². The molecule has 0 heterocycles. The van der Waals surface area contributed by atoms with E-state index in [1.165, 1.54) is 17.0 Å². The Labute approximate surface area is 112 Å². The van der Waals surface area contributed by atoms with Gasteiger partial charge in [-0.05, 0) is 13.1 Å². The third-order valence-electron chi connectivity index (χ3n) is 2.38. The Kier molecular flexibility index (Phi) is 6.92. The van der Waals surface area contributed by atoms with Gasteiger partial charge >= 0.3 is 0 Å². The van der Waals surface area contributed by atoms with Crippen LogP contribution in [0.3, 0.4) is 0 Å². The topological polar surface area (TPSA) is 75.5 Å². The van der Waals surface area contributed by atoms with Gasteiger partial charge in [0.1, 0.15) is 5.56 Å². The molecule has 6 nitrogen and oxygen atoms in total. The van der Waals surface area contributed by atoms with Crippen molar-refractivity contribution in [1.29, 1.82) is 0 Å². The minimum atomic E-state index is -0.543. The molecule has 0 radical (unpaired) electrons. The quantitative estimate of drug-likeness (QED) is 0.648. The van der Waals surface area contributed by atoms with Crippen molar-refractivity contribution in [3.8, 4) is 0 Å². The normalized spacial score (nSPS) is 9.44. The van der Waals surface area contributed by atoms with E-state index in [2.05, 4.69) is 5.32 Å². The third kappa shape index (κ3) is 3.97. The zero-order chi connectivity index (χ0) is 12.8. The van der Waals surface area contributed by atoms with Gasteiger partial charge in [0.2, 0.25) is 0 Å². The lowest BCUT2D eigenvalue weighted by atomic mass is 10.1. The molecular formula is C11H16ClN3O3. The van der Waals surface area contributed by atoms with Crippen LogP contribution in [-0.4, -0.2) is 42.9 Å². The van der Waals surface area contributed by atoms with Crippen molar-refractivity contribution in [3.05, 3.63) is 39.9 Å². The number of amides is 1. The van der Waals surface area contributed by atoms with Crippen LogP contribution in [0.25, 0.3) is 0 Å². The molecule has 0 fully saturated rings. The summed E-state index contributed by atoms with van der Waals surface area (Å²) in [5, 5.41) is 13.7. The summed E-state index contributed by atoms with van der Waals surface area (Å²) >= 11 is 0. The van der Waals surface area contributed by atoms with Crippen LogP contribution in [0.1, 0.15) is 10.4 Å². The number of nitrogens with one attached hydrogen (secondary N) is 1. The number of nitro groups is 1. The first kappa shape index (κ1) is 16.3. The van der Waals surface area contributed by atoms with E-state index in [0.717, 1.165) is 0 Å². The Morgan fingerprint density at radius 2 is 2.06 bits per heavy atom. The molecule has 1 N–H and O–H groups in total. The molecule has 0 saturated heterocycles. The average molecular weight is 274 g/mol. The van der Waals surface area contributed by atoms with Gasteiger partial charge < -0.3 is 10.2 Å². The molecule has 7 heteroatoms. The van der Waals surface area contributed by atoms with Crippen LogP contribution in [-0.2, 0) is 0 Å². The van der Waals surface area contributed by atoms with E-state index >= 15 is 0 Å². The summed E-state index contributed by atoms with van der Waals surface area (Å²) in [5.41, 5.74) is -0.0371. The maximum atomic E-state index is 12.0. The van der Waals surface area contributed by atoms with Gasteiger partial charge in [0.25, 0.3) is 11.6 Å². The highest BCUT2D eigenvalue weighted by Crippen LogP contribution is 2.18. The molecule has 0 spiro atoms. The van der Waals surface area contributed by atoms with Crippen LogP contribution in [0.2, 0.25) is 0 Å². The standard InChI is InChI=1S/C11H15N3O3.ClH/c1-12-7-8-13(2)11(15)9-5-3-4-6-10(9)14(16)17;/h3-6,12H,7-8H2,1-2H3;1H. The van der Waals surface area contributed by atoms with E-state index in [0.29, 0.717) is 13.1 Å². The summed E-state index contributed by atoms with van der Waals surface area (Å²) in [6.07, 6.45) is 0. The summed E-state index contributed by atoms with van der Waals surface area (Å²) in [4.78, 5) is 23.7. The molecule has 0 atom stereocenters. The first-order valence-electron chi connectivity index (χ1n) is 5.21. The summed E-state index contributed by atoms with van der Waals surface area (Å²) in [6, 6.07) is 5.96. The van der Waals surface area contributed by atoms with Gasteiger partial charge in [-0.1, -0.05) is 12.1 Å². The van der Waals surface area contributed by atoms with Gasteiger partial charge in [-0.25, -0.2) is 0 Å². The lowest BCUT2D eigenvalue weighted by Crippen LogP contribution is -2.33. The van der Waals surface area contributed by atoms with Gasteiger partial charge in [-0.15, -0.1) is 12.4 Å². The minimum absolute atomic E-state index is 0. The Morgan fingerprint density at radius 1 is 1.44 bits per heavy atom. The van der Waals surface area contributed by atoms with Gasteiger partial charge in [0.05, 0.1) is 4.92 Å². The van der Waals surface area contributed by atoms with Gasteiger partial charge in [0, 0.05) is 26.2 Å². The Bertz CT molecular complexity index is 426. The van der Waals surface area contributed by atoms with Crippen molar-refractivity contribution in [1.82, 2.24) is 10.2 Å².